The number of aromatic nitrogens is 1. The van der Waals surface area contributed by atoms with Gasteiger partial charge >= 0.3 is 0 Å². The molecular weight excluding hydrogens is 282 g/mol. The van der Waals surface area contributed by atoms with Gasteiger partial charge in [0.1, 0.15) is 11.6 Å². The average molecular weight is 297 g/mol. The lowest BCUT2D eigenvalue weighted by atomic mass is 9.97. The van der Waals surface area contributed by atoms with Gasteiger partial charge in [-0.15, -0.1) is 0 Å². The van der Waals surface area contributed by atoms with Gasteiger partial charge in [0.05, 0.1) is 5.02 Å². The molecule has 2 aromatic rings. The molecule has 1 aromatic carbocycles. The van der Waals surface area contributed by atoms with E-state index in [1.165, 1.54) is 6.07 Å². The van der Waals surface area contributed by atoms with Crippen molar-refractivity contribution in [2.24, 2.45) is 0 Å². The minimum atomic E-state index is -0.558. The highest BCUT2D eigenvalue weighted by atomic mass is 35.5. The molecule has 1 atom stereocenters. The summed E-state index contributed by atoms with van der Waals surface area (Å²) < 4.78 is 27.3. The molecule has 0 aliphatic heterocycles. The molecule has 0 amide bonds. The fraction of sp³-hybridized carbons (Fsp3) is 0.267. The lowest BCUT2D eigenvalue weighted by molar-refractivity contribution is 0.519. The summed E-state index contributed by atoms with van der Waals surface area (Å²) >= 11 is 6.07. The van der Waals surface area contributed by atoms with Crippen molar-refractivity contribution in [2.45, 2.75) is 19.4 Å². The number of rotatable bonds is 4. The third-order valence-corrected chi connectivity index (χ3v) is 3.62. The molecule has 0 saturated heterocycles. The Kier molecular flexibility index (Phi) is 4.68. The zero-order valence-corrected chi connectivity index (χ0v) is 12.0. The van der Waals surface area contributed by atoms with Crippen molar-refractivity contribution in [3.05, 3.63) is 63.9 Å². The van der Waals surface area contributed by atoms with Gasteiger partial charge in [-0.2, -0.15) is 0 Å². The number of pyridine rings is 1. The quantitative estimate of drug-likeness (QED) is 0.927. The van der Waals surface area contributed by atoms with E-state index in [0.29, 0.717) is 22.6 Å². The van der Waals surface area contributed by atoms with Crippen molar-refractivity contribution < 1.29 is 8.78 Å². The average Bonchev–Trinajstić information content (AvgIpc) is 2.42. The first-order chi connectivity index (χ1) is 9.52. The SMILES string of the molecule is CNC(Cc1ccncc1Cl)c1cc(C)c(F)cc1F. The van der Waals surface area contributed by atoms with Gasteiger partial charge in [-0.25, -0.2) is 8.78 Å². The summed E-state index contributed by atoms with van der Waals surface area (Å²) in [6.45, 7) is 1.62. The third-order valence-electron chi connectivity index (χ3n) is 3.28. The van der Waals surface area contributed by atoms with E-state index in [-0.39, 0.29) is 6.04 Å². The van der Waals surface area contributed by atoms with Crippen molar-refractivity contribution >= 4 is 11.6 Å². The summed E-state index contributed by atoms with van der Waals surface area (Å²) in [7, 11) is 1.73. The van der Waals surface area contributed by atoms with Gasteiger partial charge in [0.2, 0.25) is 0 Å². The summed E-state index contributed by atoms with van der Waals surface area (Å²) in [6.07, 6.45) is 3.69. The first-order valence-electron chi connectivity index (χ1n) is 6.24. The Morgan fingerprint density at radius 3 is 2.70 bits per heavy atom. The molecule has 1 unspecified atom stereocenters. The second-order valence-electron chi connectivity index (χ2n) is 4.64. The molecule has 0 aliphatic carbocycles. The highest BCUT2D eigenvalue weighted by Gasteiger charge is 2.17. The van der Waals surface area contributed by atoms with Gasteiger partial charge in [-0.05, 0) is 43.7 Å². The van der Waals surface area contributed by atoms with Gasteiger partial charge in [0.25, 0.3) is 0 Å². The largest absolute Gasteiger partial charge is 0.313 e. The first kappa shape index (κ1) is 14.9. The summed E-state index contributed by atoms with van der Waals surface area (Å²) in [5.74, 6) is -1.10. The van der Waals surface area contributed by atoms with Crippen LogP contribution >= 0.6 is 11.6 Å². The van der Waals surface area contributed by atoms with Gasteiger partial charge in [0, 0.05) is 30.1 Å². The Morgan fingerprint density at radius 2 is 2.05 bits per heavy atom. The molecule has 1 N–H and O–H groups in total. The van der Waals surface area contributed by atoms with Crippen molar-refractivity contribution in [1.82, 2.24) is 10.3 Å². The number of hydrogen-bond acceptors (Lipinski definition) is 2. The number of nitrogens with zero attached hydrogens (tertiary/aromatic N) is 1. The maximum absolute atomic E-state index is 13.9. The minimum Gasteiger partial charge on any atom is -0.313 e. The molecule has 2 nitrogen and oxygen atoms in total. The van der Waals surface area contributed by atoms with Crippen LogP contribution in [0.1, 0.15) is 22.7 Å². The minimum absolute atomic E-state index is 0.283. The molecule has 0 spiro atoms. The fourth-order valence-electron chi connectivity index (χ4n) is 2.10. The number of hydrogen-bond donors (Lipinski definition) is 1. The normalized spacial score (nSPS) is 12.4. The Morgan fingerprint density at radius 1 is 1.30 bits per heavy atom. The van der Waals surface area contributed by atoms with Crippen LogP contribution in [-0.4, -0.2) is 12.0 Å². The summed E-state index contributed by atoms with van der Waals surface area (Å²) in [6, 6.07) is 3.96. The maximum Gasteiger partial charge on any atom is 0.130 e. The molecule has 20 heavy (non-hydrogen) atoms. The number of aryl methyl sites for hydroxylation is 1. The Labute approximate surface area is 121 Å². The summed E-state index contributed by atoms with van der Waals surface area (Å²) in [5.41, 5.74) is 1.71. The molecule has 106 valence electrons. The second kappa shape index (κ2) is 6.29. The predicted molar refractivity (Wildman–Crippen MR) is 75.8 cm³/mol. The van der Waals surface area contributed by atoms with E-state index in [9.17, 15) is 8.78 Å². The summed E-state index contributed by atoms with van der Waals surface area (Å²) in [4.78, 5) is 3.92. The molecule has 1 heterocycles. The van der Waals surface area contributed by atoms with Crippen molar-refractivity contribution in [1.29, 1.82) is 0 Å². The van der Waals surface area contributed by atoms with E-state index in [1.54, 1.807) is 32.4 Å². The van der Waals surface area contributed by atoms with E-state index in [4.69, 9.17) is 11.6 Å². The molecule has 5 heteroatoms. The molecule has 2 rings (SSSR count). The molecule has 0 aliphatic rings. The molecule has 0 radical (unpaired) electrons. The lowest BCUT2D eigenvalue weighted by Crippen LogP contribution is -2.20. The standard InChI is InChI=1S/C15H15ClF2N2/c1-9-5-11(14(18)7-13(9)17)15(19-2)6-10-3-4-20-8-12(10)16/h3-5,7-8,15,19H,6H2,1-2H3. The maximum atomic E-state index is 13.9. The summed E-state index contributed by atoms with van der Waals surface area (Å²) in [5, 5.41) is 3.57. The van der Waals surface area contributed by atoms with Crippen LogP contribution in [0.2, 0.25) is 5.02 Å². The zero-order valence-electron chi connectivity index (χ0n) is 11.3. The van der Waals surface area contributed by atoms with Crippen LogP contribution in [0, 0.1) is 18.6 Å². The third kappa shape index (κ3) is 3.14. The monoisotopic (exact) mass is 296 g/mol. The highest BCUT2D eigenvalue weighted by molar-refractivity contribution is 6.31. The Hall–Kier alpha value is -1.52. The highest BCUT2D eigenvalue weighted by Crippen LogP contribution is 2.26. The Bertz CT molecular complexity index is 617. The van der Waals surface area contributed by atoms with Crippen LogP contribution in [0.4, 0.5) is 8.78 Å². The van der Waals surface area contributed by atoms with Crippen LogP contribution in [-0.2, 0) is 6.42 Å². The number of likely N-dealkylation sites (N-methyl/N-ethyl adjacent to an activating group) is 1. The van der Waals surface area contributed by atoms with E-state index in [1.807, 2.05) is 0 Å². The van der Waals surface area contributed by atoms with Gasteiger partial charge < -0.3 is 5.32 Å². The lowest BCUT2D eigenvalue weighted by Gasteiger charge is -2.19. The van der Waals surface area contributed by atoms with Crippen molar-refractivity contribution in [3.63, 3.8) is 0 Å². The molecule has 1 aromatic heterocycles. The first-order valence-corrected chi connectivity index (χ1v) is 6.62. The second-order valence-corrected chi connectivity index (χ2v) is 5.04. The molecule has 0 fully saturated rings. The van der Waals surface area contributed by atoms with Crippen molar-refractivity contribution in [2.75, 3.05) is 7.05 Å². The van der Waals surface area contributed by atoms with Gasteiger partial charge in [-0.3, -0.25) is 4.98 Å². The zero-order chi connectivity index (χ0) is 14.7. The predicted octanol–water partition coefficient (Wildman–Crippen LogP) is 3.82. The van der Waals surface area contributed by atoms with Crippen LogP contribution < -0.4 is 5.32 Å². The fourth-order valence-corrected chi connectivity index (χ4v) is 2.30. The van der Waals surface area contributed by atoms with E-state index < -0.39 is 11.6 Å². The topological polar surface area (TPSA) is 24.9 Å². The van der Waals surface area contributed by atoms with E-state index >= 15 is 0 Å². The van der Waals surface area contributed by atoms with Gasteiger partial charge in [0.15, 0.2) is 0 Å². The van der Waals surface area contributed by atoms with Crippen molar-refractivity contribution in [3.8, 4) is 0 Å². The van der Waals surface area contributed by atoms with E-state index in [2.05, 4.69) is 10.3 Å². The van der Waals surface area contributed by atoms with Crippen LogP contribution in [0.5, 0.6) is 0 Å². The van der Waals surface area contributed by atoms with Crippen LogP contribution in [0.3, 0.4) is 0 Å². The number of benzene rings is 1. The molecule has 0 saturated carbocycles. The van der Waals surface area contributed by atoms with Gasteiger partial charge in [-0.1, -0.05) is 11.6 Å². The smallest absolute Gasteiger partial charge is 0.130 e. The van der Waals surface area contributed by atoms with Crippen LogP contribution in [0.25, 0.3) is 0 Å². The Balaban J connectivity index is 2.34. The number of halogens is 3. The molecular formula is C15H15ClF2N2. The van der Waals surface area contributed by atoms with E-state index in [0.717, 1.165) is 11.6 Å². The number of nitrogens with one attached hydrogen (secondary N) is 1. The van der Waals surface area contributed by atoms with Crippen LogP contribution in [0.15, 0.2) is 30.6 Å². The molecule has 0 bridgehead atoms.